The second-order valence-electron chi connectivity index (χ2n) is 6.68. The van der Waals surface area contributed by atoms with Crippen LogP contribution in [0.15, 0.2) is 40.0 Å². The van der Waals surface area contributed by atoms with E-state index in [1.807, 2.05) is 18.2 Å². The number of benzene rings is 1. The summed E-state index contributed by atoms with van der Waals surface area (Å²) in [5.41, 5.74) is 8.16. The Labute approximate surface area is 155 Å². The first-order valence-electron chi connectivity index (χ1n) is 7.95. The summed E-state index contributed by atoms with van der Waals surface area (Å²) in [4.78, 5) is 8.16. The van der Waals surface area contributed by atoms with Crippen LogP contribution in [-0.4, -0.2) is 20.2 Å². The van der Waals surface area contributed by atoms with E-state index in [0.29, 0.717) is 22.7 Å². The Hall–Kier alpha value is -2.92. The third-order valence-corrected chi connectivity index (χ3v) is 4.55. The van der Waals surface area contributed by atoms with E-state index in [2.05, 4.69) is 53.1 Å². The quantitative estimate of drug-likeness (QED) is 0.550. The zero-order valence-electron chi connectivity index (χ0n) is 14.7. The average Bonchev–Trinajstić information content (AvgIpc) is 3.08. The summed E-state index contributed by atoms with van der Waals surface area (Å²) in [5.74, 6) is 1.52. The van der Waals surface area contributed by atoms with E-state index in [4.69, 9.17) is 15.4 Å². The van der Waals surface area contributed by atoms with E-state index < -0.39 is 0 Å². The number of hydrogen-bond donors (Lipinski definition) is 1. The second-order valence-corrected chi connectivity index (χ2v) is 7.62. The van der Waals surface area contributed by atoms with Gasteiger partial charge in [0.05, 0.1) is 11.9 Å². The van der Waals surface area contributed by atoms with Crippen LogP contribution in [0, 0.1) is 11.3 Å². The molecule has 0 fully saturated rings. The molecule has 0 saturated heterocycles. The van der Waals surface area contributed by atoms with Gasteiger partial charge in [-0.05, 0) is 23.1 Å². The molecule has 2 N–H and O–H groups in total. The number of anilines is 1. The number of aromatic nitrogens is 4. The van der Waals surface area contributed by atoms with Gasteiger partial charge in [0.25, 0.3) is 0 Å². The molecule has 0 bridgehead atoms. The molecule has 132 valence electrons. The van der Waals surface area contributed by atoms with Gasteiger partial charge in [-0.25, -0.2) is 9.97 Å². The molecule has 0 saturated carbocycles. The van der Waals surface area contributed by atoms with Gasteiger partial charge in [0.2, 0.25) is 11.8 Å². The molecule has 3 aromatic rings. The fraction of sp³-hybridized carbons (Fsp3) is 0.278. The standard InChI is InChI=1S/C18H18N6OS/c1-18(2,3)13-6-4-11(5-7-13)16-24-23-14(25-16)10-26-17-21-9-12(8-19)15(20)22-17/h4-7,9H,10H2,1-3H3,(H2,20,21,22). The van der Waals surface area contributed by atoms with Crippen molar-refractivity contribution in [3.63, 3.8) is 0 Å². The monoisotopic (exact) mass is 366 g/mol. The lowest BCUT2D eigenvalue weighted by molar-refractivity contribution is 0.528. The molecule has 0 radical (unpaired) electrons. The molecule has 7 nitrogen and oxygen atoms in total. The molecule has 0 unspecified atom stereocenters. The number of nitriles is 1. The van der Waals surface area contributed by atoms with Crippen molar-refractivity contribution in [2.75, 3.05) is 5.73 Å². The molecule has 0 atom stereocenters. The summed E-state index contributed by atoms with van der Waals surface area (Å²) in [7, 11) is 0. The third kappa shape index (κ3) is 4.00. The first kappa shape index (κ1) is 17.9. The van der Waals surface area contributed by atoms with Crippen molar-refractivity contribution >= 4 is 17.6 Å². The minimum atomic E-state index is 0.0954. The minimum Gasteiger partial charge on any atom is -0.420 e. The zero-order chi connectivity index (χ0) is 18.7. The Morgan fingerprint density at radius 3 is 2.54 bits per heavy atom. The van der Waals surface area contributed by atoms with E-state index in [1.54, 1.807) is 0 Å². The maximum absolute atomic E-state index is 8.84. The third-order valence-electron chi connectivity index (χ3n) is 3.71. The number of nitrogen functional groups attached to an aromatic ring is 1. The van der Waals surface area contributed by atoms with Crippen LogP contribution in [0.5, 0.6) is 0 Å². The average molecular weight is 366 g/mol. The summed E-state index contributed by atoms with van der Waals surface area (Å²) in [5, 5.41) is 17.4. The largest absolute Gasteiger partial charge is 0.420 e. The Morgan fingerprint density at radius 2 is 1.92 bits per heavy atom. The van der Waals surface area contributed by atoms with Gasteiger partial charge in [-0.15, -0.1) is 10.2 Å². The normalized spacial score (nSPS) is 11.3. The van der Waals surface area contributed by atoms with E-state index in [-0.39, 0.29) is 16.8 Å². The molecule has 8 heteroatoms. The number of nitrogens with zero attached hydrogens (tertiary/aromatic N) is 5. The van der Waals surface area contributed by atoms with Crippen molar-refractivity contribution in [3.05, 3.63) is 47.5 Å². The van der Waals surface area contributed by atoms with E-state index in [0.717, 1.165) is 5.56 Å². The van der Waals surface area contributed by atoms with Crippen molar-refractivity contribution in [1.82, 2.24) is 20.2 Å². The van der Waals surface area contributed by atoms with Gasteiger partial charge in [0.15, 0.2) is 5.16 Å². The SMILES string of the molecule is CC(C)(C)c1ccc(-c2nnc(CSc3ncc(C#N)c(N)n3)o2)cc1. The van der Waals surface area contributed by atoms with Gasteiger partial charge in [-0.2, -0.15) is 5.26 Å². The highest BCUT2D eigenvalue weighted by atomic mass is 32.2. The van der Waals surface area contributed by atoms with Crippen LogP contribution in [0.1, 0.15) is 37.8 Å². The van der Waals surface area contributed by atoms with Gasteiger partial charge in [0.1, 0.15) is 17.5 Å². The number of thioether (sulfide) groups is 1. The summed E-state index contributed by atoms with van der Waals surface area (Å²) in [6.45, 7) is 6.51. The van der Waals surface area contributed by atoms with Crippen molar-refractivity contribution in [2.45, 2.75) is 37.1 Å². The lowest BCUT2D eigenvalue weighted by Crippen LogP contribution is -2.10. The van der Waals surface area contributed by atoms with Gasteiger partial charge in [-0.3, -0.25) is 0 Å². The summed E-state index contributed by atoms with van der Waals surface area (Å²) < 4.78 is 5.71. The highest BCUT2D eigenvalue weighted by molar-refractivity contribution is 7.98. The van der Waals surface area contributed by atoms with Crippen molar-refractivity contribution in [1.29, 1.82) is 5.26 Å². The molecular weight excluding hydrogens is 348 g/mol. The molecule has 2 heterocycles. The minimum absolute atomic E-state index is 0.0954. The Bertz CT molecular complexity index is 953. The number of rotatable bonds is 4. The van der Waals surface area contributed by atoms with Gasteiger partial charge >= 0.3 is 0 Å². The summed E-state index contributed by atoms with van der Waals surface area (Å²) in [6.07, 6.45) is 1.40. The highest BCUT2D eigenvalue weighted by Crippen LogP contribution is 2.27. The Balaban J connectivity index is 1.68. The first-order valence-corrected chi connectivity index (χ1v) is 8.94. The molecule has 3 rings (SSSR count). The fourth-order valence-electron chi connectivity index (χ4n) is 2.20. The predicted molar refractivity (Wildman–Crippen MR) is 99.2 cm³/mol. The molecule has 0 amide bonds. The number of nitrogens with two attached hydrogens (primary N) is 1. The lowest BCUT2D eigenvalue weighted by atomic mass is 9.87. The molecule has 0 aliphatic rings. The summed E-state index contributed by atoms with van der Waals surface area (Å²) in [6, 6.07) is 10.0. The topological polar surface area (TPSA) is 115 Å². The van der Waals surface area contributed by atoms with Crippen LogP contribution in [0.4, 0.5) is 5.82 Å². The molecule has 0 spiro atoms. The zero-order valence-corrected chi connectivity index (χ0v) is 15.5. The second kappa shape index (κ2) is 7.14. The van der Waals surface area contributed by atoms with Gasteiger partial charge < -0.3 is 10.2 Å². The molecule has 0 aliphatic carbocycles. The lowest BCUT2D eigenvalue weighted by Gasteiger charge is -2.18. The van der Waals surface area contributed by atoms with Crippen LogP contribution in [-0.2, 0) is 11.2 Å². The molecule has 26 heavy (non-hydrogen) atoms. The van der Waals surface area contributed by atoms with Crippen molar-refractivity contribution in [3.8, 4) is 17.5 Å². The predicted octanol–water partition coefficient (Wildman–Crippen LogP) is 3.57. The van der Waals surface area contributed by atoms with E-state index >= 15 is 0 Å². The fourth-order valence-corrected chi connectivity index (χ4v) is 2.86. The van der Waals surface area contributed by atoms with Crippen LogP contribution in [0.2, 0.25) is 0 Å². The smallest absolute Gasteiger partial charge is 0.247 e. The van der Waals surface area contributed by atoms with Gasteiger partial charge in [-0.1, -0.05) is 44.7 Å². The molecular formula is C18H18N6OS. The van der Waals surface area contributed by atoms with E-state index in [9.17, 15) is 0 Å². The van der Waals surface area contributed by atoms with Crippen molar-refractivity contribution < 1.29 is 4.42 Å². The van der Waals surface area contributed by atoms with Gasteiger partial charge in [0, 0.05) is 5.56 Å². The maximum Gasteiger partial charge on any atom is 0.247 e. The van der Waals surface area contributed by atoms with Crippen molar-refractivity contribution in [2.24, 2.45) is 0 Å². The molecule has 0 aliphatic heterocycles. The Morgan fingerprint density at radius 1 is 1.19 bits per heavy atom. The van der Waals surface area contributed by atoms with Crippen LogP contribution < -0.4 is 5.73 Å². The molecule has 1 aromatic carbocycles. The van der Waals surface area contributed by atoms with Crippen LogP contribution >= 0.6 is 11.8 Å². The molecule has 2 aromatic heterocycles. The first-order chi connectivity index (χ1) is 12.4. The van der Waals surface area contributed by atoms with E-state index in [1.165, 1.54) is 23.5 Å². The van der Waals surface area contributed by atoms with Crippen LogP contribution in [0.25, 0.3) is 11.5 Å². The maximum atomic E-state index is 8.84. The Kier molecular flexibility index (Phi) is 4.91. The number of hydrogen-bond acceptors (Lipinski definition) is 8. The van der Waals surface area contributed by atoms with Crippen LogP contribution in [0.3, 0.4) is 0 Å². The summed E-state index contributed by atoms with van der Waals surface area (Å²) >= 11 is 1.31. The highest BCUT2D eigenvalue weighted by Gasteiger charge is 2.15.